The van der Waals surface area contributed by atoms with E-state index in [0.717, 1.165) is 6.42 Å². The van der Waals surface area contributed by atoms with Gasteiger partial charge in [-0.15, -0.1) is 0 Å². The first-order valence-electron chi connectivity index (χ1n) is 7.81. The van der Waals surface area contributed by atoms with Gasteiger partial charge in [0.1, 0.15) is 0 Å². The summed E-state index contributed by atoms with van der Waals surface area (Å²) >= 11 is 0. The number of benzene rings is 1. The molecule has 0 radical (unpaired) electrons. The van der Waals surface area contributed by atoms with Gasteiger partial charge in [-0.3, -0.25) is 4.79 Å². The van der Waals surface area contributed by atoms with Crippen LogP contribution in [0.4, 0.5) is 0 Å². The predicted octanol–water partition coefficient (Wildman–Crippen LogP) is 3.63. The fourth-order valence-electron chi connectivity index (χ4n) is 2.77. The molecule has 1 aromatic carbocycles. The van der Waals surface area contributed by atoms with Crippen LogP contribution in [0.2, 0.25) is 0 Å². The molecule has 0 spiro atoms. The van der Waals surface area contributed by atoms with E-state index in [0.29, 0.717) is 6.61 Å². The molecule has 0 saturated heterocycles. The highest BCUT2D eigenvalue weighted by Crippen LogP contribution is 2.39. The van der Waals surface area contributed by atoms with Crippen LogP contribution in [0.15, 0.2) is 42.5 Å². The average molecular weight is 299 g/mol. The van der Waals surface area contributed by atoms with E-state index >= 15 is 0 Å². The Balaban J connectivity index is 2.11. The SMILES string of the molecule is CCOC(=O)CC(N)C1(C)C=CC=C(c2ccc(C)cc2)C1. The van der Waals surface area contributed by atoms with Gasteiger partial charge in [0.25, 0.3) is 0 Å². The van der Waals surface area contributed by atoms with Crippen LogP contribution >= 0.6 is 0 Å². The standard InChI is InChI=1S/C19H25NO2/c1-4-22-18(21)12-17(20)19(3)11-5-6-16(13-19)15-9-7-14(2)8-10-15/h5-11,17H,4,12-13,20H2,1-3H3. The fraction of sp³-hybridized carbons (Fsp3) is 0.421. The number of rotatable bonds is 5. The number of carbonyl (C=O) groups is 1. The van der Waals surface area contributed by atoms with Crippen LogP contribution in [0.1, 0.15) is 37.8 Å². The molecule has 0 aromatic heterocycles. The molecule has 22 heavy (non-hydrogen) atoms. The van der Waals surface area contributed by atoms with E-state index < -0.39 is 0 Å². The van der Waals surface area contributed by atoms with Crippen molar-refractivity contribution < 1.29 is 9.53 Å². The molecule has 118 valence electrons. The highest BCUT2D eigenvalue weighted by atomic mass is 16.5. The number of hydrogen-bond acceptors (Lipinski definition) is 3. The molecule has 1 aliphatic rings. The Morgan fingerprint density at radius 1 is 1.36 bits per heavy atom. The van der Waals surface area contributed by atoms with E-state index in [1.165, 1.54) is 16.7 Å². The summed E-state index contributed by atoms with van der Waals surface area (Å²) in [5.41, 5.74) is 9.78. The third-order valence-electron chi connectivity index (χ3n) is 4.31. The molecule has 0 aliphatic heterocycles. The lowest BCUT2D eigenvalue weighted by Gasteiger charge is -2.35. The number of hydrogen-bond donors (Lipinski definition) is 1. The van der Waals surface area contributed by atoms with E-state index in [9.17, 15) is 4.79 Å². The number of ether oxygens (including phenoxy) is 1. The van der Waals surface area contributed by atoms with Crippen molar-refractivity contribution in [2.75, 3.05) is 6.61 Å². The summed E-state index contributed by atoms with van der Waals surface area (Å²) in [4.78, 5) is 11.7. The molecule has 0 heterocycles. The number of nitrogens with two attached hydrogens (primary N) is 1. The topological polar surface area (TPSA) is 52.3 Å². The van der Waals surface area contributed by atoms with E-state index in [-0.39, 0.29) is 23.8 Å². The van der Waals surface area contributed by atoms with Gasteiger partial charge in [-0.1, -0.05) is 55.0 Å². The Kier molecular flexibility index (Phi) is 5.19. The normalized spacial score (nSPS) is 22.1. The Hall–Kier alpha value is -1.87. The first-order valence-corrected chi connectivity index (χ1v) is 7.81. The third-order valence-corrected chi connectivity index (χ3v) is 4.31. The second kappa shape index (κ2) is 6.93. The second-order valence-corrected chi connectivity index (χ2v) is 6.22. The van der Waals surface area contributed by atoms with E-state index in [1.807, 2.05) is 13.0 Å². The largest absolute Gasteiger partial charge is 0.466 e. The molecule has 0 fully saturated rings. The molecule has 2 N–H and O–H groups in total. The van der Waals surface area contributed by atoms with Crippen molar-refractivity contribution in [2.24, 2.45) is 11.1 Å². The predicted molar refractivity (Wildman–Crippen MR) is 90.2 cm³/mol. The Labute approximate surface area is 132 Å². The van der Waals surface area contributed by atoms with Crippen LogP contribution in [-0.2, 0) is 9.53 Å². The third kappa shape index (κ3) is 3.86. The van der Waals surface area contributed by atoms with Crippen LogP contribution in [-0.4, -0.2) is 18.6 Å². The van der Waals surface area contributed by atoms with Gasteiger partial charge in [-0.2, -0.15) is 0 Å². The van der Waals surface area contributed by atoms with Crippen molar-refractivity contribution in [3.8, 4) is 0 Å². The molecule has 2 rings (SSSR count). The summed E-state index contributed by atoms with van der Waals surface area (Å²) < 4.78 is 5.02. The lowest BCUT2D eigenvalue weighted by molar-refractivity contribution is -0.144. The minimum absolute atomic E-state index is 0.226. The first-order chi connectivity index (χ1) is 10.4. The maximum atomic E-state index is 11.7. The number of esters is 1. The van der Waals surface area contributed by atoms with Gasteiger partial charge in [0.05, 0.1) is 13.0 Å². The van der Waals surface area contributed by atoms with Crippen LogP contribution in [0, 0.1) is 12.3 Å². The van der Waals surface area contributed by atoms with Gasteiger partial charge in [0.2, 0.25) is 0 Å². The molecule has 3 nitrogen and oxygen atoms in total. The van der Waals surface area contributed by atoms with Crippen molar-refractivity contribution in [2.45, 2.75) is 39.7 Å². The maximum absolute atomic E-state index is 11.7. The van der Waals surface area contributed by atoms with Gasteiger partial charge in [-0.05, 0) is 31.4 Å². The molecule has 0 saturated carbocycles. The fourth-order valence-corrected chi connectivity index (χ4v) is 2.77. The van der Waals surface area contributed by atoms with Gasteiger partial charge >= 0.3 is 5.97 Å². The lowest BCUT2D eigenvalue weighted by atomic mass is 9.72. The number of allylic oxidation sites excluding steroid dienone is 3. The van der Waals surface area contributed by atoms with E-state index in [1.54, 1.807) is 0 Å². The van der Waals surface area contributed by atoms with E-state index in [2.05, 4.69) is 50.3 Å². The summed E-state index contributed by atoms with van der Waals surface area (Å²) in [6, 6.07) is 8.25. The van der Waals surface area contributed by atoms with E-state index in [4.69, 9.17) is 10.5 Å². The van der Waals surface area contributed by atoms with Crippen LogP contribution < -0.4 is 5.73 Å². The van der Waals surface area contributed by atoms with Crippen molar-refractivity contribution in [3.63, 3.8) is 0 Å². The van der Waals surface area contributed by atoms with Crippen molar-refractivity contribution >= 4 is 11.5 Å². The Morgan fingerprint density at radius 2 is 2.05 bits per heavy atom. The van der Waals surface area contributed by atoms with Gasteiger partial charge < -0.3 is 10.5 Å². The lowest BCUT2D eigenvalue weighted by Crippen LogP contribution is -2.41. The highest BCUT2D eigenvalue weighted by molar-refractivity contribution is 5.72. The average Bonchev–Trinajstić information content (AvgIpc) is 2.48. The zero-order valence-corrected chi connectivity index (χ0v) is 13.6. The quantitative estimate of drug-likeness (QED) is 0.845. The van der Waals surface area contributed by atoms with Gasteiger partial charge in [0.15, 0.2) is 0 Å². The highest BCUT2D eigenvalue weighted by Gasteiger charge is 2.33. The smallest absolute Gasteiger partial charge is 0.307 e. The van der Waals surface area contributed by atoms with Crippen LogP contribution in [0.25, 0.3) is 5.57 Å². The summed E-state index contributed by atoms with van der Waals surface area (Å²) in [5.74, 6) is -0.226. The monoisotopic (exact) mass is 299 g/mol. The Morgan fingerprint density at radius 3 is 2.68 bits per heavy atom. The molecule has 0 amide bonds. The molecule has 2 unspecified atom stereocenters. The molecular weight excluding hydrogens is 274 g/mol. The van der Waals surface area contributed by atoms with Gasteiger partial charge in [0, 0.05) is 11.5 Å². The van der Waals surface area contributed by atoms with Gasteiger partial charge in [-0.25, -0.2) is 0 Å². The van der Waals surface area contributed by atoms with Crippen molar-refractivity contribution in [1.29, 1.82) is 0 Å². The molecule has 0 bridgehead atoms. The summed E-state index contributed by atoms with van der Waals surface area (Å²) in [7, 11) is 0. The number of carbonyl (C=O) groups excluding carboxylic acids is 1. The molecule has 1 aromatic rings. The minimum atomic E-state index is -0.253. The molecule has 1 aliphatic carbocycles. The van der Waals surface area contributed by atoms with Crippen LogP contribution in [0.3, 0.4) is 0 Å². The molecule has 3 heteroatoms. The zero-order chi connectivity index (χ0) is 16.2. The van der Waals surface area contributed by atoms with Crippen molar-refractivity contribution in [1.82, 2.24) is 0 Å². The van der Waals surface area contributed by atoms with Crippen molar-refractivity contribution in [3.05, 3.63) is 53.6 Å². The minimum Gasteiger partial charge on any atom is -0.466 e. The summed E-state index contributed by atoms with van der Waals surface area (Å²) in [6.07, 6.45) is 7.35. The second-order valence-electron chi connectivity index (χ2n) is 6.22. The first kappa shape index (κ1) is 16.5. The Bertz CT molecular complexity index is 586. The molecule has 2 atom stereocenters. The summed E-state index contributed by atoms with van der Waals surface area (Å²) in [6.45, 7) is 6.39. The number of aryl methyl sites for hydroxylation is 1. The zero-order valence-electron chi connectivity index (χ0n) is 13.6. The maximum Gasteiger partial charge on any atom is 0.307 e. The molecular formula is C19H25NO2. The summed E-state index contributed by atoms with van der Waals surface area (Å²) in [5, 5.41) is 0. The van der Waals surface area contributed by atoms with Crippen LogP contribution in [0.5, 0.6) is 0 Å².